The number of benzene rings is 1. The van der Waals surface area contributed by atoms with Crippen LogP contribution >= 0.6 is 11.3 Å². The van der Waals surface area contributed by atoms with Crippen LogP contribution in [-0.2, 0) is 11.3 Å². The lowest BCUT2D eigenvalue weighted by Crippen LogP contribution is -2.31. The van der Waals surface area contributed by atoms with Gasteiger partial charge in [0.2, 0.25) is 0 Å². The van der Waals surface area contributed by atoms with E-state index in [4.69, 9.17) is 9.47 Å². The van der Waals surface area contributed by atoms with Crippen molar-refractivity contribution in [2.24, 2.45) is 5.92 Å². The van der Waals surface area contributed by atoms with Crippen molar-refractivity contribution in [3.05, 3.63) is 51.7 Å². The second-order valence-corrected chi connectivity index (χ2v) is 8.42. The van der Waals surface area contributed by atoms with Crippen molar-refractivity contribution in [3.63, 3.8) is 0 Å². The Hall–Kier alpha value is -1.85. The first-order chi connectivity index (χ1) is 13.3. The van der Waals surface area contributed by atoms with Crippen LogP contribution in [0, 0.1) is 5.92 Å². The molecule has 1 aromatic carbocycles. The van der Waals surface area contributed by atoms with E-state index in [-0.39, 0.29) is 12.0 Å². The molecule has 0 radical (unpaired) electrons. The standard InChI is InChI=1S/C22H27NO3S/c1-25-21(16-6-3-2-4-7-16)17-9-10-19-18(14-17)15-23(11-12-26-19)22(24)20-8-5-13-27-20/h5,8-10,13-14,16,21H,2-4,6-7,11-12,15H2,1H3. The monoisotopic (exact) mass is 385 g/mol. The van der Waals surface area contributed by atoms with Crippen LogP contribution < -0.4 is 4.74 Å². The highest BCUT2D eigenvalue weighted by molar-refractivity contribution is 7.12. The fraction of sp³-hybridized carbons (Fsp3) is 0.500. The van der Waals surface area contributed by atoms with E-state index in [0.29, 0.717) is 25.6 Å². The van der Waals surface area contributed by atoms with Crippen LogP contribution in [-0.4, -0.2) is 31.1 Å². The maximum Gasteiger partial charge on any atom is 0.264 e. The van der Waals surface area contributed by atoms with Crippen molar-refractivity contribution >= 4 is 17.2 Å². The molecule has 2 heterocycles. The van der Waals surface area contributed by atoms with E-state index in [2.05, 4.69) is 18.2 Å². The quantitative estimate of drug-likeness (QED) is 0.739. The summed E-state index contributed by atoms with van der Waals surface area (Å²) in [6.45, 7) is 1.72. The summed E-state index contributed by atoms with van der Waals surface area (Å²) in [7, 11) is 1.81. The molecule has 1 amide bonds. The van der Waals surface area contributed by atoms with Crippen LogP contribution in [0.25, 0.3) is 0 Å². The molecule has 2 aliphatic rings. The van der Waals surface area contributed by atoms with Crippen molar-refractivity contribution in [2.75, 3.05) is 20.3 Å². The second-order valence-electron chi connectivity index (χ2n) is 7.47. The number of ether oxygens (including phenoxy) is 2. The predicted molar refractivity (Wildman–Crippen MR) is 107 cm³/mol. The van der Waals surface area contributed by atoms with Gasteiger partial charge in [-0.1, -0.05) is 31.4 Å². The number of methoxy groups -OCH3 is 1. The summed E-state index contributed by atoms with van der Waals surface area (Å²) in [5.74, 6) is 1.55. The minimum atomic E-state index is 0.0856. The van der Waals surface area contributed by atoms with E-state index in [1.807, 2.05) is 29.5 Å². The Morgan fingerprint density at radius 2 is 2.11 bits per heavy atom. The van der Waals surface area contributed by atoms with Gasteiger partial charge >= 0.3 is 0 Å². The number of amides is 1. The number of carbonyl (C=O) groups excluding carboxylic acids is 1. The minimum absolute atomic E-state index is 0.0856. The molecule has 0 saturated heterocycles. The molecule has 1 saturated carbocycles. The molecule has 1 aliphatic heterocycles. The van der Waals surface area contributed by atoms with Gasteiger partial charge in [0.25, 0.3) is 5.91 Å². The molecular formula is C22H27NO3S. The smallest absolute Gasteiger partial charge is 0.264 e. The molecule has 1 aliphatic carbocycles. The van der Waals surface area contributed by atoms with Crippen LogP contribution in [0.2, 0.25) is 0 Å². The SMILES string of the molecule is COC(c1ccc2c(c1)CN(C(=O)c1cccs1)CCO2)C1CCCCC1. The summed E-state index contributed by atoms with van der Waals surface area (Å²) in [6, 6.07) is 10.2. The van der Waals surface area contributed by atoms with E-state index in [9.17, 15) is 4.79 Å². The van der Waals surface area contributed by atoms with Gasteiger partial charge in [-0.15, -0.1) is 11.3 Å². The zero-order valence-corrected chi connectivity index (χ0v) is 16.7. The summed E-state index contributed by atoms with van der Waals surface area (Å²) < 4.78 is 11.8. The minimum Gasteiger partial charge on any atom is -0.491 e. The summed E-state index contributed by atoms with van der Waals surface area (Å²) in [6.07, 6.45) is 6.51. The van der Waals surface area contributed by atoms with Crippen molar-refractivity contribution in [2.45, 2.75) is 44.8 Å². The lowest BCUT2D eigenvalue weighted by molar-refractivity contribution is 0.0353. The Balaban J connectivity index is 1.57. The van der Waals surface area contributed by atoms with Crippen LogP contribution in [0.1, 0.15) is 59.0 Å². The van der Waals surface area contributed by atoms with E-state index >= 15 is 0 Å². The molecule has 4 rings (SSSR count). The first-order valence-electron chi connectivity index (χ1n) is 9.87. The summed E-state index contributed by atoms with van der Waals surface area (Å²) >= 11 is 1.49. The topological polar surface area (TPSA) is 38.8 Å². The third-order valence-corrected chi connectivity index (χ3v) is 6.60. The number of thiophene rings is 1. The van der Waals surface area contributed by atoms with E-state index in [1.54, 1.807) is 0 Å². The molecule has 27 heavy (non-hydrogen) atoms. The largest absolute Gasteiger partial charge is 0.491 e. The van der Waals surface area contributed by atoms with Crippen LogP contribution in [0.3, 0.4) is 0 Å². The van der Waals surface area contributed by atoms with Gasteiger partial charge in [-0.05, 0) is 47.9 Å². The molecule has 5 heteroatoms. The molecule has 1 aromatic heterocycles. The lowest BCUT2D eigenvalue weighted by atomic mass is 9.82. The van der Waals surface area contributed by atoms with Crippen LogP contribution in [0.15, 0.2) is 35.7 Å². The Kier molecular flexibility index (Phi) is 5.79. The highest BCUT2D eigenvalue weighted by atomic mass is 32.1. The van der Waals surface area contributed by atoms with Crippen molar-refractivity contribution < 1.29 is 14.3 Å². The van der Waals surface area contributed by atoms with Crippen molar-refractivity contribution in [3.8, 4) is 5.75 Å². The highest BCUT2D eigenvalue weighted by Crippen LogP contribution is 2.38. The second kappa shape index (κ2) is 8.44. The van der Waals surface area contributed by atoms with Gasteiger partial charge in [0, 0.05) is 19.2 Å². The van der Waals surface area contributed by atoms with Crippen molar-refractivity contribution in [1.82, 2.24) is 4.90 Å². The maximum atomic E-state index is 12.8. The zero-order chi connectivity index (χ0) is 18.6. The number of nitrogens with zero attached hydrogens (tertiary/aromatic N) is 1. The fourth-order valence-electron chi connectivity index (χ4n) is 4.36. The van der Waals surface area contributed by atoms with Gasteiger partial charge < -0.3 is 14.4 Å². The number of carbonyl (C=O) groups is 1. The molecule has 1 unspecified atom stereocenters. The third-order valence-electron chi connectivity index (χ3n) is 5.74. The molecular weight excluding hydrogens is 358 g/mol. The molecule has 0 spiro atoms. The summed E-state index contributed by atoms with van der Waals surface area (Å²) in [5.41, 5.74) is 2.28. The van der Waals surface area contributed by atoms with Gasteiger partial charge in [-0.2, -0.15) is 0 Å². The van der Waals surface area contributed by atoms with Crippen molar-refractivity contribution in [1.29, 1.82) is 0 Å². The summed E-state index contributed by atoms with van der Waals surface area (Å²) in [5, 5.41) is 1.95. The molecule has 0 N–H and O–H groups in total. The third kappa shape index (κ3) is 4.04. The normalized spacial score (nSPS) is 19.1. The first kappa shape index (κ1) is 18.5. The van der Waals surface area contributed by atoms with Crippen LogP contribution in [0.4, 0.5) is 0 Å². The molecule has 4 nitrogen and oxygen atoms in total. The van der Waals surface area contributed by atoms with E-state index in [1.165, 1.54) is 49.0 Å². The number of rotatable bonds is 4. The van der Waals surface area contributed by atoms with Gasteiger partial charge in [0.15, 0.2) is 0 Å². The molecule has 0 bridgehead atoms. The predicted octanol–water partition coefficient (Wildman–Crippen LogP) is 5.05. The number of hydrogen-bond acceptors (Lipinski definition) is 4. The summed E-state index contributed by atoms with van der Waals surface area (Å²) in [4.78, 5) is 15.5. The molecule has 2 aromatic rings. The van der Waals surface area contributed by atoms with E-state index in [0.717, 1.165) is 16.2 Å². The van der Waals surface area contributed by atoms with Crippen LogP contribution in [0.5, 0.6) is 5.75 Å². The average Bonchev–Trinajstić information content (AvgIpc) is 3.16. The van der Waals surface area contributed by atoms with Gasteiger partial charge in [-0.3, -0.25) is 4.79 Å². The van der Waals surface area contributed by atoms with Gasteiger partial charge in [-0.25, -0.2) is 0 Å². The zero-order valence-electron chi connectivity index (χ0n) is 15.9. The van der Waals surface area contributed by atoms with Gasteiger partial charge in [0.05, 0.1) is 17.5 Å². The number of hydrogen-bond donors (Lipinski definition) is 0. The molecule has 1 fully saturated rings. The Morgan fingerprint density at radius 1 is 1.26 bits per heavy atom. The Bertz CT molecular complexity index is 768. The average molecular weight is 386 g/mol. The Labute approximate surface area is 165 Å². The Morgan fingerprint density at radius 3 is 2.85 bits per heavy atom. The molecule has 1 atom stereocenters. The fourth-order valence-corrected chi connectivity index (χ4v) is 5.05. The highest BCUT2D eigenvalue weighted by Gasteiger charge is 2.27. The maximum absolute atomic E-state index is 12.8. The first-order valence-corrected chi connectivity index (χ1v) is 10.8. The molecule has 144 valence electrons. The lowest BCUT2D eigenvalue weighted by Gasteiger charge is -2.30. The van der Waals surface area contributed by atoms with Gasteiger partial charge in [0.1, 0.15) is 12.4 Å². The van der Waals surface area contributed by atoms with E-state index < -0.39 is 0 Å². The number of fused-ring (bicyclic) bond motifs is 1.